The number of benzene rings is 3. The van der Waals surface area contributed by atoms with E-state index in [9.17, 15) is 23.2 Å². The van der Waals surface area contributed by atoms with Crippen LogP contribution in [0.1, 0.15) is 27.8 Å². The average Bonchev–Trinajstić information content (AvgIpc) is 2.87. The lowest BCUT2D eigenvalue weighted by atomic mass is 10.0. The molecule has 1 amide bonds. The number of hydrogen-bond donors (Lipinski definition) is 1. The Kier molecular flexibility index (Phi) is 8.75. The van der Waals surface area contributed by atoms with Crippen LogP contribution in [0.4, 0.5) is 18.9 Å². The van der Waals surface area contributed by atoms with Gasteiger partial charge in [-0.25, -0.2) is 0 Å². The molecule has 0 radical (unpaired) electrons. The van der Waals surface area contributed by atoms with Gasteiger partial charge in [-0.15, -0.1) is 6.58 Å². The summed E-state index contributed by atoms with van der Waals surface area (Å²) in [7, 11) is 1.48. The number of amides is 1. The molecule has 0 heterocycles. The monoisotopic (exact) mass is 506 g/mol. The van der Waals surface area contributed by atoms with Gasteiger partial charge in [-0.3, -0.25) is 4.79 Å². The maximum atomic E-state index is 13.0. The quantitative estimate of drug-likeness (QED) is 0.195. The zero-order chi connectivity index (χ0) is 27.0. The lowest BCUT2D eigenvalue weighted by Gasteiger charge is -2.16. The number of halogens is 3. The molecule has 0 aliphatic carbocycles. The van der Waals surface area contributed by atoms with E-state index >= 15 is 0 Å². The number of nitrogens with zero attached hydrogens (tertiary/aromatic N) is 1. The summed E-state index contributed by atoms with van der Waals surface area (Å²) in [5.41, 5.74) is 2.03. The fourth-order valence-corrected chi connectivity index (χ4v) is 3.52. The zero-order valence-corrected chi connectivity index (χ0v) is 20.4. The number of alkyl halides is 3. The van der Waals surface area contributed by atoms with E-state index in [4.69, 9.17) is 9.47 Å². The highest BCUT2D eigenvalue weighted by atomic mass is 19.4. The summed E-state index contributed by atoms with van der Waals surface area (Å²) in [6, 6.07) is 17.3. The smallest absolute Gasteiger partial charge is 0.416 e. The van der Waals surface area contributed by atoms with Gasteiger partial charge in [-0.05, 0) is 60.9 Å². The van der Waals surface area contributed by atoms with Gasteiger partial charge in [0.15, 0.2) is 11.5 Å². The van der Waals surface area contributed by atoms with E-state index in [0.717, 1.165) is 28.8 Å². The second-order valence-corrected chi connectivity index (χ2v) is 8.18. The van der Waals surface area contributed by atoms with E-state index < -0.39 is 17.6 Å². The third-order valence-corrected chi connectivity index (χ3v) is 5.37. The van der Waals surface area contributed by atoms with Crippen LogP contribution in [0.2, 0.25) is 0 Å². The average molecular weight is 507 g/mol. The summed E-state index contributed by atoms with van der Waals surface area (Å²) in [4.78, 5) is 12.7. The Labute approximate surface area is 213 Å². The molecule has 3 aromatic rings. The maximum Gasteiger partial charge on any atom is 0.416 e. The van der Waals surface area contributed by atoms with Crippen molar-refractivity contribution in [1.29, 1.82) is 5.26 Å². The largest absolute Gasteiger partial charge is 0.493 e. The molecule has 0 bridgehead atoms. The summed E-state index contributed by atoms with van der Waals surface area (Å²) in [5.74, 6) is 0.0612. The van der Waals surface area contributed by atoms with Crippen molar-refractivity contribution in [3.8, 4) is 17.6 Å². The molecule has 0 aliphatic rings. The molecule has 5 nitrogen and oxygen atoms in total. The molecule has 0 unspecified atom stereocenters. The van der Waals surface area contributed by atoms with Gasteiger partial charge in [0, 0.05) is 11.3 Å². The topological polar surface area (TPSA) is 71.4 Å². The fourth-order valence-electron chi connectivity index (χ4n) is 3.52. The molecule has 37 heavy (non-hydrogen) atoms. The highest BCUT2D eigenvalue weighted by molar-refractivity contribution is 6.09. The molecule has 0 aromatic heterocycles. The zero-order valence-electron chi connectivity index (χ0n) is 20.4. The van der Waals surface area contributed by atoms with E-state index in [1.807, 2.05) is 31.2 Å². The molecule has 0 atom stereocenters. The van der Waals surface area contributed by atoms with E-state index in [0.29, 0.717) is 30.1 Å². The van der Waals surface area contributed by atoms with Crippen LogP contribution in [0.5, 0.6) is 11.5 Å². The first-order valence-electron chi connectivity index (χ1n) is 11.2. The molecule has 8 heteroatoms. The van der Waals surface area contributed by atoms with Crippen LogP contribution < -0.4 is 14.8 Å². The Morgan fingerprint density at radius 3 is 2.49 bits per heavy atom. The molecular weight excluding hydrogens is 481 g/mol. The predicted octanol–water partition coefficient (Wildman–Crippen LogP) is 6.88. The number of allylic oxidation sites excluding steroid dienone is 1. The summed E-state index contributed by atoms with van der Waals surface area (Å²) in [6.45, 7) is 6.08. The summed E-state index contributed by atoms with van der Waals surface area (Å²) < 4.78 is 50.5. The minimum atomic E-state index is -4.56. The fraction of sp³-hybridized carbons (Fsp3) is 0.172. The highest BCUT2D eigenvalue weighted by Gasteiger charge is 2.30. The predicted molar refractivity (Wildman–Crippen MR) is 136 cm³/mol. The van der Waals surface area contributed by atoms with Gasteiger partial charge in [0.25, 0.3) is 5.91 Å². The second kappa shape index (κ2) is 12.0. The van der Waals surface area contributed by atoms with E-state index in [1.165, 1.54) is 25.3 Å². The van der Waals surface area contributed by atoms with Gasteiger partial charge in [-0.2, -0.15) is 18.4 Å². The number of aryl methyl sites for hydroxylation is 1. The number of hydrogen-bond acceptors (Lipinski definition) is 4. The third kappa shape index (κ3) is 7.24. The number of carbonyl (C=O) groups is 1. The number of anilines is 1. The van der Waals surface area contributed by atoms with Gasteiger partial charge in [0.1, 0.15) is 18.2 Å². The minimum absolute atomic E-state index is 0.0780. The Morgan fingerprint density at radius 1 is 1.14 bits per heavy atom. The molecule has 0 spiro atoms. The maximum absolute atomic E-state index is 13.0. The standard InChI is InChI=1S/C29H25F3N2O3/c1-4-6-22-13-21(15-26(36-3)27(22)37-18-20-11-9-19(2)10-12-20)14-23(17-33)28(35)34-25-8-5-7-24(16-25)29(30,31)32/h4-5,7-16H,1,6,18H2,2-3H3,(H,34,35)/b23-14+. The molecule has 1 N–H and O–H groups in total. The first kappa shape index (κ1) is 27.1. The van der Waals surface area contributed by atoms with E-state index in [-0.39, 0.29) is 11.3 Å². The van der Waals surface area contributed by atoms with Crippen LogP contribution in [-0.4, -0.2) is 13.0 Å². The van der Waals surface area contributed by atoms with Crippen LogP contribution in [-0.2, 0) is 24.0 Å². The number of ether oxygens (including phenoxy) is 2. The molecule has 0 saturated carbocycles. The van der Waals surface area contributed by atoms with Gasteiger partial charge in [0.05, 0.1) is 12.7 Å². The second-order valence-electron chi connectivity index (χ2n) is 8.18. The molecule has 3 rings (SSSR count). The van der Waals surface area contributed by atoms with Crippen molar-refractivity contribution in [2.75, 3.05) is 12.4 Å². The van der Waals surface area contributed by atoms with Crippen LogP contribution >= 0.6 is 0 Å². The lowest BCUT2D eigenvalue weighted by Crippen LogP contribution is -2.14. The van der Waals surface area contributed by atoms with Crippen molar-refractivity contribution in [3.05, 3.63) is 107 Å². The Hall–Kier alpha value is -4.51. The van der Waals surface area contributed by atoms with Gasteiger partial charge in [-0.1, -0.05) is 42.0 Å². The summed E-state index contributed by atoms with van der Waals surface area (Å²) in [5, 5.41) is 11.9. The lowest BCUT2D eigenvalue weighted by molar-refractivity contribution is -0.137. The first-order chi connectivity index (χ1) is 17.6. The number of methoxy groups -OCH3 is 1. The summed E-state index contributed by atoms with van der Waals surface area (Å²) in [6.07, 6.45) is -1.11. The van der Waals surface area contributed by atoms with E-state index in [2.05, 4.69) is 11.9 Å². The minimum Gasteiger partial charge on any atom is -0.493 e. The molecular formula is C29H25F3N2O3. The van der Waals surface area contributed by atoms with Crippen LogP contribution in [0, 0.1) is 18.3 Å². The number of nitrogens with one attached hydrogen (secondary N) is 1. The van der Waals surface area contributed by atoms with Crippen LogP contribution in [0.3, 0.4) is 0 Å². The number of nitriles is 1. The van der Waals surface area contributed by atoms with Crippen molar-refractivity contribution in [1.82, 2.24) is 0 Å². The third-order valence-electron chi connectivity index (χ3n) is 5.37. The van der Waals surface area contributed by atoms with Gasteiger partial charge >= 0.3 is 6.18 Å². The van der Waals surface area contributed by atoms with Crippen LogP contribution in [0.15, 0.2) is 78.9 Å². The molecule has 190 valence electrons. The molecule has 0 fully saturated rings. The molecule has 0 saturated heterocycles. The Morgan fingerprint density at radius 2 is 1.86 bits per heavy atom. The number of rotatable bonds is 9. The SMILES string of the molecule is C=CCc1cc(/C=C(\C#N)C(=O)Nc2cccc(C(F)(F)F)c2)cc(OC)c1OCc1ccc(C)cc1. The van der Waals surface area contributed by atoms with Gasteiger partial charge < -0.3 is 14.8 Å². The van der Waals surface area contributed by atoms with Crippen molar-refractivity contribution < 1.29 is 27.4 Å². The van der Waals surface area contributed by atoms with Crippen molar-refractivity contribution in [2.45, 2.75) is 26.1 Å². The molecule has 0 aliphatic heterocycles. The Balaban J connectivity index is 1.89. The first-order valence-corrected chi connectivity index (χ1v) is 11.2. The Bertz CT molecular complexity index is 1350. The summed E-state index contributed by atoms with van der Waals surface area (Å²) >= 11 is 0. The van der Waals surface area contributed by atoms with E-state index in [1.54, 1.807) is 24.3 Å². The van der Waals surface area contributed by atoms with Gasteiger partial charge in [0.2, 0.25) is 0 Å². The normalized spacial score (nSPS) is 11.4. The highest BCUT2D eigenvalue weighted by Crippen LogP contribution is 2.35. The van der Waals surface area contributed by atoms with Crippen molar-refractivity contribution >= 4 is 17.7 Å². The van der Waals surface area contributed by atoms with Crippen LogP contribution in [0.25, 0.3) is 6.08 Å². The number of carbonyl (C=O) groups excluding carboxylic acids is 1. The van der Waals surface area contributed by atoms with Crippen molar-refractivity contribution in [3.63, 3.8) is 0 Å². The van der Waals surface area contributed by atoms with Crippen molar-refractivity contribution in [2.24, 2.45) is 0 Å². The molecule has 3 aromatic carbocycles.